The number of carbonyl (C=O) groups excluding carboxylic acids is 1. The molecule has 0 spiro atoms. The van der Waals surface area contributed by atoms with Crippen LogP contribution in [0.25, 0.3) is 0 Å². The number of unbranched alkanes of at least 4 members (excludes halogenated alkanes) is 5. The second-order valence-electron chi connectivity index (χ2n) is 5.88. The highest BCUT2D eigenvalue weighted by Crippen LogP contribution is 2.18. The Labute approximate surface area is 112 Å². The van der Waals surface area contributed by atoms with Gasteiger partial charge in [-0.2, -0.15) is 0 Å². The van der Waals surface area contributed by atoms with Gasteiger partial charge in [0.1, 0.15) is 0 Å². The standard InChI is InChI=1S/C15H30N2O/c1-5-6-7-8-9-10-11-17-14(12(2)3)16-13(4)15(17)18/h12-14,16H,5-11H2,1-4H3. The van der Waals surface area contributed by atoms with E-state index in [2.05, 4.69) is 31.0 Å². The summed E-state index contributed by atoms with van der Waals surface area (Å²) in [5.41, 5.74) is 0. The third kappa shape index (κ3) is 4.27. The molecule has 1 N–H and O–H groups in total. The fraction of sp³-hybridized carbons (Fsp3) is 0.933. The molecular formula is C15H30N2O. The monoisotopic (exact) mass is 254 g/mol. The van der Waals surface area contributed by atoms with Gasteiger partial charge < -0.3 is 4.90 Å². The van der Waals surface area contributed by atoms with Gasteiger partial charge in [0.2, 0.25) is 5.91 Å². The van der Waals surface area contributed by atoms with Crippen molar-refractivity contribution in [2.75, 3.05) is 6.54 Å². The van der Waals surface area contributed by atoms with Crippen molar-refractivity contribution in [1.29, 1.82) is 0 Å². The third-order valence-electron chi connectivity index (χ3n) is 3.79. The molecule has 1 amide bonds. The van der Waals surface area contributed by atoms with Gasteiger partial charge in [0.05, 0.1) is 12.2 Å². The number of nitrogens with zero attached hydrogens (tertiary/aromatic N) is 1. The number of amides is 1. The van der Waals surface area contributed by atoms with Gasteiger partial charge in [-0.1, -0.05) is 52.9 Å². The largest absolute Gasteiger partial charge is 0.326 e. The summed E-state index contributed by atoms with van der Waals surface area (Å²) in [6.07, 6.45) is 7.92. The number of nitrogens with one attached hydrogen (secondary N) is 1. The van der Waals surface area contributed by atoms with Gasteiger partial charge in [-0.25, -0.2) is 0 Å². The normalized spacial score (nSPS) is 24.3. The van der Waals surface area contributed by atoms with Crippen molar-refractivity contribution in [2.24, 2.45) is 5.92 Å². The van der Waals surface area contributed by atoms with Gasteiger partial charge in [0, 0.05) is 6.54 Å². The summed E-state index contributed by atoms with van der Waals surface area (Å²) >= 11 is 0. The van der Waals surface area contributed by atoms with Crippen LogP contribution < -0.4 is 5.32 Å². The van der Waals surface area contributed by atoms with E-state index >= 15 is 0 Å². The van der Waals surface area contributed by atoms with E-state index in [-0.39, 0.29) is 18.1 Å². The maximum Gasteiger partial charge on any atom is 0.240 e. The zero-order chi connectivity index (χ0) is 13.5. The van der Waals surface area contributed by atoms with Crippen LogP contribution in [0, 0.1) is 5.92 Å². The van der Waals surface area contributed by atoms with E-state index in [4.69, 9.17) is 0 Å². The number of rotatable bonds is 8. The molecule has 1 saturated heterocycles. The Morgan fingerprint density at radius 2 is 1.78 bits per heavy atom. The van der Waals surface area contributed by atoms with Gasteiger partial charge in [0.25, 0.3) is 0 Å². The summed E-state index contributed by atoms with van der Waals surface area (Å²) in [6.45, 7) is 9.49. The molecule has 2 unspecified atom stereocenters. The van der Waals surface area contributed by atoms with Crippen LogP contribution in [0.5, 0.6) is 0 Å². The number of hydrogen-bond acceptors (Lipinski definition) is 2. The molecule has 3 heteroatoms. The van der Waals surface area contributed by atoms with Gasteiger partial charge in [-0.15, -0.1) is 0 Å². The predicted octanol–water partition coefficient (Wildman–Crippen LogP) is 3.15. The molecule has 1 fully saturated rings. The summed E-state index contributed by atoms with van der Waals surface area (Å²) in [5, 5.41) is 3.39. The molecule has 1 aliphatic rings. The van der Waals surface area contributed by atoms with Crippen LogP contribution in [-0.2, 0) is 4.79 Å². The first kappa shape index (κ1) is 15.5. The molecule has 0 aromatic heterocycles. The molecule has 1 rings (SSSR count). The third-order valence-corrected chi connectivity index (χ3v) is 3.79. The van der Waals surface area contributed by atoms with Crippen LogP contribution >= 0.6 is 0 Å². The van der Waals surface area contributed by atoms with E-state index in [0.717, 1.165) is 13.0 Å². The van der Waals surface area contributed by atoms with Crippen molar-refractivity contribution in [2.45, 2.75) is 78.4 Å². The van der Waals surface area contributed by atoms with Crippen LogP contribution in [0.15, 0.2) is 0 Å². The summed E-state index contributed by atoms with van der Waals surface area (Å²) in [4.78, 5) is 14.1. The second kappa shape index (κ2) is 7.78. The molecule has 18 heavy (non-hydrogen) atoms. The van der Waals surface area contributed by atoms with Gasteiger partial charge in [-0.3, -0.25) is 10.1 Å². The molecule has 1 aliphatic heterocycles. The fourth-order valence-electron chi connectivity index (χ4n) is 2.67. The molecule has 0 saturated carbocycles. The van der Waals surface area contributed by atoms with Crippen molar-refractivity contribution in [3.8, 4) is 0 Å². The van der Waals surface area contributed by atoms with Crippen molar-refractivity contribution < 1.29 is 4.79 Å². The highest BCUT2D eigenvalue weighted by atomic mass is 16.2. The van der Waals surface area contributed by atoms with Crippen LogP contribution in [-0.4, -0.2) is 29.6 Å². The molecular weight excluding hydrogens is 224 g/mol. The first-order valence-corrected chi connectivity index (χ1v) is 7.64. The van der Waals surface area contributed by atoms with Gasteiger partial charge in [0.15, 0.2) is 0 Å². The maximum absolute atomic E-state index is 12.0. The van der Waals surface area contributed by atoms with Gasteiger partial charge >= 0.3 is 0 Å². The Morgan fingerprint density at radius 3 is 2.39 bits per heavy atom. The van der Waals surface area contributed by atoms with E-state index in [1.54, 1.807) is 0 Å². The predicted molar refractivity (Wildman–Crippen MR) is 76.3 cm³/mol. The Kier molecular flexibility index (Phi) is 6.69. The quantitative estimate of drug-likeness (QED) is 0.675. The van der Waals surface area contributed by atoms with Crippen LogP contribution in [0.4, 0.5) is 0 Å². The first-order valence-electron chi connectivity index (χ1n) is 7.64. The Morgan fingerprint density at radius 1 is 1.17 bits per heavy atom. The maximum atomic E-state index is 12.0. The van der Waals surface area contributed by atoms with E-state index in [1.807, 2.05) is 6.92 Å². The minimum Gasteiger partial charge on any atom is -0.326 e. The van der Waals surface area contributed by atoms with Crippen LogP contribution in [0.1, 0.15) is 66.2 Å². The highest BCUT2D eigenvalue weighted by molar-refractivity contribution is 5.83. The van der Waals surface area contributed by atoms with Crippen molar-refractivity contribution in [1.82, 2.24) is 10.2 Å². The Balaban J connectivity index is 2.28. The summed E-state index contributed by atoms with van der Waals surface area (Å²) in [6, 6.07) is -0.00232. The van der Waals surface area contributed by atoms with E-state index in [9.17, 15) is 4.79 Å². The van der Waals surface area contributed by atoms with Crippen molar-refractivity contribution in [3.63, 3.8) is 0 Å². The molecule has 1 heterocycles. The topological polar surface area (TPSA) is 32.3 Å². The molecule has 2 atom stereocenters. The smallest absolute Gasteiger partial charge is 0.240 e. The highest BCUT2D eigenvalue weighted by Gasteiger charge is 2.36. The summed E-state index contributed by atoms with van der Waals surface area (Å²) in [5.74, 6) is 0.765. The summed E-state index contributed by atoms with van der Waals surface area (Å²) in [7, 11) is 0. The van der Waals surface area contributed by atoms with E-state index in [1.165, 1.54) is 32.1 Å². The van der Waals surface area contributed by atoms with Crippen LogP contribution in [0.2, 0.25) is 0 Å². The minimum atomic E-state index is -0.00232. The molecule has 0 radical (unpaired) electrons. The van der Waals surface area contributed by atoms with Crippen LogP contribution in [0.3, 0.4) is 0 Å². The Hall–Kier alpha value is -0.570. The average Bonchev–Trinajstić information content (AvgIpc) is 2.61. The number of carbonyl (C=O) groups is 1. The lowest BCUT2D eigenvalue weighted by atomic mass is 10.1. The average molecular weight is 254 g/mol. The first-order chi connectivity index (χ1) is 8.57. The van der Waals surface area contributed by atoms with Crippen molar-refractivity contribution >= 4 is 5.91 Å². The number of hydrogen-bond donors (Lipinski definition) is 1. The zero-order valence-electron chi connectivity index (χ0n) is 12.5. The molecule has 3 nitrogen and oxygen atoms in total. The summed E-state index contributed by atoms with van der Waals surface area (Å²) < 4.78 is 0. The minimum absolute atomic E-state index is 0.00232. The van der Waals surface area contributed by atoms with Crippen molar-refractivity contribution in [3.05, 3.63) is 0 Å². The molecule has 0 aromatic rings. The lowest BCUT2D eigenvalue weighted by Gasteiger charge is -2.27. The SMILES string of the molecule is CCCCCCCCN1C(=O)C(C)NC1C(C)C. The Bertz CT molecular complexity index is 253. The molecule has 0 aromatic carbocycles. The molecule has 0 bridgehead atoms. The second-order valence-corrected chi connectivity index (χ2v) is 5.88. The lowest BCUT2D eigenvalue weighted by molar-refractivity contribution is -0.130. The molecule has 106 valence electrons. The van der Waals surface area contributed by atoms with E-state index < -0.39 is 0 Å². The zero-order valence-corrected chi connectivity index (χ0v) is 12.5. The lowest BCUT2D eigenvalue weighted by Crippen LogP contribution is -2.41. The van der Waals surface area contributed by atoms with Gasteiger partial charge in [-0.05, 0) is 19.3 Å². The fourth-order valence-corrected chi connectivity index (χ4v) is 2.67. The van der Waals surface area contributed by atoms with E-state index in [0.29, 0.717) is 5.92 Å². The molecule has 0 aliphatic carbocycles.